The van der Waals surface area contributed by atoms with E-state index in [1.165, 1.54) is 12.8 Å². The van der Waals surface area contributed by atoms with E-state index in [0.717, 1.165) is 38.5 Å². The smallest absolute Gasteiger partial charge is 0.0596 e. The minimum Gasteiger partial charge on any atom is -0.396 e. The molecule has 3 nitrogen and oxygen atoms in total. The predicted molar refractivity (Wildman–Crippen MR) is 89.8 cm³/mol. The third-order valence-corrected chi connectivity index (χ3v) is 9.25. The first-order valence-corrected chi connectivity index (χ1v) is 9.68. The van der Waals surface area contributed by atoms with Gasteiger partial charge >= 0.3 is 0 Å². The van der Waals surface area contributed by atoms with Crippen LogP contribution in [0, 0.1) is 33.5 Å². The third kappa shape index (κ3) is 1.82. The Kier molecular flexibility index (Phi) is 3.37. The van der Waals surface area contributed by atoms with Gasteiger partial charge in [0.15, 0.2) is 0 Å². The van der Waals surface area contributed by atoms with E-state index in [1.54, 1.807) is 0 Å². The van der Waals surface area contributed by atoms with Crippen LogP contribution >= 0.6 is 0 Å². The molecule has 0 aromatic carbocycles. The number of fused-ring (bicyclic) bond motifs is 2. The molecule has 23 heavy (non-hydrogen) atoms. The first kappa shape index (κ1) is 16.4. The Bertz CT molecular complexity index is 507. The van der Waals surface area contributed by atoms with Crippen molar-refractivity contribution in [1.82, 2.24) is 0 Å². The van der Waals surface area contributed by atoms with Crippen LogP contribution < -0.4 is 0 Å². The van der Waals surface area contributed by atoms with Crippen LogP contribution in [0.4, 0.5) is 0 Å². The minimum absolute atomic E-state index is 0.0689. The molecule has 4 saturated carbocycles. The first-order chi connectivity index (χ1) is 10.7. The van der Waals surface area contributed by atoms with Crippen LogP contribution in [0.25, 0.3) is 0 Å². The van der Waals surface area contributed by atoms with E-state index in [9.17, 15) is 15.3 Å². The van der Waals surface area contributed by atoms with Crippen molar-refractivity contribution in [3.63, 3.8) is 0 Å². The molecule has 4 fully saturated rings. The van der Waals surface area contributed by atoms with Crippen molar-refractivity contribution in [2.75, 3.05) is 6.61 Å². The first-order valence-electron chi connectivity index (χ1n) is 9.68. The van der Waals surface area contributed by atoms with Crippen molar-refractivity contribution >= 4 is 0 Å². The average Bonchev–Trinajstić information content (AvgIpc) is 2.81. The highest BCUT2D eigenvalue weighted by molar-refractivity contribution is 5.20. The molecular formula is C20H34O3. The fourth-order valence-electron chi connectivity index (χ4n) is 8.09. The number of aliphatic hydroxyl groups excluding tert-OH is 3. The second-order valence-corrected chi connectivity index (χ2v) is 10.3. The fourth-order valence-corrected chi connectivity index (χ4v) is 8.09. The van der Waals surface area contributed by atoms with Crippen LogP contribution in [0.3, 0.4) is 0 Å². The Balaban J connectivity index is 1.82. The highest BCUT2D eigenvalue weighted by atomic mass is 16.3. The maximum Gasteiger partial charge on any atom is 0.0596 e. The lowest BCUT2D eigenvalue weighted by Crippen LogP contribution is -2.65. The molecule has 0 heterocycles. The molecule has 4 aliphatic rings. The topological polar surface area (TPSA) is 60.7 Å². The molecular weight excluding hydrogens is 288 g/mol. The van der Waals surface area contributed by atoms with Crippen LogP contribution in [0.2, 0.25) is 0 Å². The Morgan fingerprint density at radius 1 is 0.957 bits per heavy atom. The Labute approximate surface area is 140 Å². The highest BCUT2D eigenvalue weighted by Gasteiger charge is 2.71. The minimum atomic E-state index is -0.328. The van der Waals surface area contributed by atoms with Crippen molar-refractivity contribution in [2.24, 2.45) is 33.5 Å². The van der Waals surface area contributed by atoms with Gasteiger partial charge in [0, 0.05) is 6.61 Å². The molecule has 3 heteroatoms. The number of rotatable bonds is 1. The third-order valence-electron chi connectivity index (χ3n) is 9.25. The standard InChI is InChI=1S/C20H34O3/c1-17-7-8-20(11-17)13(10-15(17)23)9-14(22)16-18(2,12-21)5-4-6-19(16,20)3/h13-16,21-23H,4-12H2,1-3H3/t13-,14+,15-,16-,17-,18-,19-,20-/m0/s1. The molecule has 0 aliphatic heterocycles. The highest BCUT2D eigenvalue weighted by Crippen LogP contribution is 2.76. The predicted octanol–water partition coefficient (Wildman–Crippen LogP) is 3.11. The van der Waals surface area contributed by atoms with Gasteiger partial charge in [0.05, 0.1) is 12.2 Å². The summed E-state index contributed by atoms with van der Waals surface area (Å²) in [4.78, 5) is 0. The monoisotopic (exact) mass is 322 g/mol. The summed E-state index contributed by atoms with van der Waals surface area (Å²) in [6, 6.07) is 0. The van der Waals surface area contributed by atoms with Crippen LogP contribution in [0.5, 0.6) is 0 Å². The van der Waals surface area contributed by atoms with Crippen LogP contribution in [-0.2, 0) is 0 Å². The van der Waals surface area contributed by atoms with Crippen molar-refractivity contribution < 1.29 is 15.3 Å². The zero-order valence-electron chi connectivity index (χ0n) is 15.0. The lowest BCUT2D eigenvalue weighted by atomic mass is 9.37. The SMILES string of the molecule is C[C@]12CC[C@]3(C1)[C@@H](C[C@@H](O)[C@H]1[C@](C)(CO)CCC[C@@]13C)C[C@@H]2O. The molecule has 0 saturated heterocycles. The van der Waals surface area contributed by atoms with Gasteiger partial charge in [-0.1, -0.05) is 27.2 Å². The zero-order valence-corrected chi connectivity index (χ0v) is 15.0. The molecule has 0 aromatic rings. The van der Waals surface area contributed by atoms with Crippen molar-refractivity contribution in [1.29, 1.82) is 0 Å². The van der Waals surface area contributed by atoms with Crippen LogP contribution in [0.1, 0.15) is 72.1 Å². The summed E-state index contributed by atoms with van der Waals surface area (Å²) < 4.78 is 0. The summed E-state index contributed by atoms with van der Waals surface area (Å²) in [7, 11) is 0. The zero-order chi connectivity index (χ0) is 16.7. The lowest BCUT2D eigenvalue weighted by molar-refractivity contribution is -0.235. The van der Waals surface area contributed by atoms with Gasteiger partial charge < -0.3 is 15.3 Å². The summed E-state index contributed by atoms with van der Waals surface area (Å²) in [6.45, 7) is 7.08. The molecule has 1 spiro atoms. The van der Waals surface area contributed by atoms with Crippen molar-refractivity contribution in [3.05, 3.63) is 0 Å². The normalized spacial score (nSPS) is 61.8. The Morgan fingerprint density at radius 3 is 2.39 bits per heavy atom. The molecule has 0 aromatic heterocycles. The van der Waals surface area contributed by atoms with Gasteiger partial charge in [-0.05, 0) is 78.4 Å². The summed E-state index contributed by atoms with van der Waals surface area (Å²) in [5.41, 5.74) is 0.283. The van der Waals surface area contributed by atoms with Crippen molar-refractivity contribution in [2.45, 2.75) is 84.3 Å². The molecule has 4 rings (SSSR count). The van der Waals surface area contributed by atoms with Gasteiger partial charge in [-0.15, -0.1) is 0 Å². The van der Waals surface area contributed by atoms with Gasteiger partial charge in [0.1, 0.15) is 0 Å². The van der Waals surface area contributed by atoms with Gasteiger partial charge in [-0.2, -0.15) is 0 Å². The van der Waals surface area contributed by atoms with E-state index in [-0.39, 0.29) is 46.4 Å². The fraction of sp³-hybridized carbons (Fsp3) is 1.00. The molecule has 3 N–H and O–H groups in total. The molecule has 4 aliphatic carbocycles. The largest absolute Gasteiger partial charge is 0.396 e. The maximum absolute atomic E-state index is 11.1. The van der Waals surface area contributed by atoms with E-state index in [0.29, 0.717) is 5.92 Å². The van der Waals surface area contributed by atoms with E-state index in [1.807, 2.05) is 0 Å². The molecule has 0 unspecified atom stereocenters. The molecule has 2 bridgehead atoms. The molecule has 8 atom stereocenters. The Hall–Kier alpha value is -0.120. The van der Waals surface area contributed by atoms with E-state index < -0.39 is 0 Å². The Morgan fingerprint density at radius 2 is 1.70 bits per heavy atom. The summed E-state index contributed by atoms with van der Waals surface area (Å²) in [6.07, 6.45) is 7.96. The summed E-state index contributed by atoms with van der Waals surface area (Å²) >= 11 is 0. The van der Waals surface area contributed by atoms with E-state index in [2.05, 4.69) is 20.8 Å². The van der Waals surface area contributed by atoms with E-state index in [4.69, 9.17) is 0 Å². The van der Waals surface area contributed by atoms with Gasteiger partial charge in [-0.25, -0.2) is 0 Å². The maximum atomic E-state index is 11.1. The van der Waals surface area contributed by atoms with Crippen LogP contribution in [0.15, 0.2) is 0 Å². The second kappa shape index (κ2) is 4.74. The second-order valence-electron chi connectivity index (χ2n) is 10.3. The van der Waals surface area contributed by atoms with Crippen LogP contribution in [-0.4, -0.2) is 34.1 Å². The number of aliphatic hydroxyl groups is 3. The number of hydrogen-bond acceptors (Lipinski definition) is 3. The molecule has 132 valence electrons. The molecule has 0 radical (unpaired) electrons. The van der Waals surface area contributed by atoms with Crippen molar-refractivity contribution in [3.8, 4) is 0 Å². The van der Waals surface area contributed by atoms with E-state index >= 15 is 0 Å². The average molecular weight is 322 g/mol. The van der Waals surface area contributed by atoms with Gasteiger partial charge in [-0.3, -0.25) is 0 Å². The summed E-state index contributed by atoms with van der Waals surface area (Å²) in [5, 5.41) is 31.9. The lowest BCUT2D eigenvalue weighted by Gasteiger charge is -2.68. The van der Waals surface area contributed by atoms with Gasteiger partial charge in [0.2, 0.25) is 0 Å². The molecule has 0 amide bonds. The summed E-state index contributed by atoms with van der Waals surface area (Å²) in [5.74, 6) is 0.646. The van der Waals surface area contributed by atoms with Gasteiger partial charge in [0.25, 0.3) is 0 Å². The number of hydrogen-bond donors (Lipinski definition) is 3. The quantitative estimate of drug-likeness (QED) is 0.695.